The summed E-state index contributed by atoms with van der Waals surface area (Å²) in [5.41, 5.74) is 24.0. The number of hydrogen-bond acceptors (Lipinski definition) is 3. The van der Waals surface area contributed by atoms with Crippen LogP contribution >= 0.6 is 11.3 Å². The Kier molecular flexibility index (Phi) is 8.09. The molecule has 2 atom stereocenters. The molecule has 4 heteroatoms. The van der Waals surface area contributed by atoms with Crippen molar-refractivity contribution in [1.82, 2.24) is 0 Å². The topological polar surface area (TPSA) is 6.48 Å². The normalized spacial score (nSPS) is 24.8. The molecule has 12 rings (SSSR count). The molecule has 6 aliphatic rings. The molecule has 328 valence electrons. The molecule has 2 nitrogen and oxygen atoms in total. The van der Waals surface area contributed by atoms with Crippen LogP contribution < -0.4 is 25.5 Å². The predicted molar refractivity (Wildman–Crippen MR) is 278 cm³/mol. The maximum absolute atomic E-state index is 2.73. The van der Waals surface area contributed by atoms with Gasteiger partial charge in [0, 0.05) is 43.3 Å². The quantitative estimate of drug-likeness (QED) is 0.160. The molecule has 5 aromatic carbocycles. The number of aryl methyl sites for hydroxylation is 1. The highest BCUT2D eigenvalue weighted by atomic mass is 32.1. The van der Waals surface area contributed by atoms with Crippen molar-refractivity contribution in [3.63, 3.8) is 0 Å². The molecule has 0 spiro atoms. The van der Waals surface area contributed by atoms with Crippen LogP contribution in [0.1, 0.15) is 179 Å². The van der Waals surface area contributed by atoms with Gasteiger partial charge in [0.2, 0.25) is 0 Å². The molecule has 64 heavy (non-hydrogen) atoms. The second-order valence-corrected chi connectivity index (χ2v) is 26.9. The SMILES string of the molecule is Cc1cc2c3c(c1)N(c1ccc(C(C)(C)C)cc1)c1c(sc4cc5c(cc14)C1(C)CCC5(C)C1)B3c1cc3c(cc1N2c1ccc2c(c1)C(C)(C)CCC2(C)C)C(C)(C)CCC3(C)C. The zero-order valence-corrected chi connectivity index (χ0v) is 42.2. The van der Waals surface area contributed by atoms with Crippen molar-refractivity contribution in [3.05, 3.63) is 123 Å². The average Bonchev–Trinajstić information content (AvgIpc) is 3.83. The van der Waals surface area contributed by atoms with Crippen LogP contribution in [0.5, 0.6) is 0 Å². The van der Waals surface area contributed by atoms with Gasteiger partial charge in [0.15, 0.2) is 0 Å². The first-order valence-corrected chi connectivity index (χ1v) is 25.5. The van der Waals surface area contributed by atoms with Gasteiger partial charge in [-0.1, -0.05) is 114 Å². The van der Waals surface area contributed by atoms with Crippen molar-refractivity contribution >= 4 is 78.0 Å². The van der Waals surface area contributed by atoms with E-state index in [0.29, 0.717) is 0 Å². The summed E-state index contributed by atoms with van der Waals surface area (Å²) in [6.07, 6.45) is 8.68. The first kappa shape index (κ1) is 41.2. The summed E-state index contributed by atoms with van der Waals surface area (Å²) in [5, 5.41) is 1.44. The van der Waals surface area contributed by atoms with Crippen LogP contribution in [0.25, 0.3) is 10.1 Å². The van der Waals surface area contributed by atoms with Crippen molar-refractivity contribution in [2.45, 2.75) is 180 Å². The van der Waals surface area contributed by atoms with Gasteiger partial charge in [0.05, 0.1) is 5.69 Å². The second kappa shape index (κ2) is 12.6. The minimum absolute atomic E-state index is 0.0734. The summed E-state index contributed by atoms with van der Waals surface area (Å²) in [7, 11) is 0. The Morgan fingerprint density at radius 2 is 1.05 bits per heavy atom. The van der Waals surface area contributed by atoms with Crippen molar-refractivity contribution in [2.24, 2.45) is 0 Å². The lowest BCUT2D eigenvalue weighted by Crippen LogP contribution is -2.61. The first-order valence-electron chi connectivity index (χ1n) is 24.7. The summed E-state index contributed by atoms with van der Waals surface area (Å²) in [4.78, 5) is 5.43. The van der Waals surface area contributed by atoms with Gasteiger partial charge in [-0.15, -0.1) is 11.3 Å². The van der Waals surface area contributed by atoms with Gasteiger partial charge >= 0.3 is 0 Å². The number of benzene rings is 5. The molecule has 1 fully saturated rings. The Balaban J connectivity index is 1.19. The molecular weight excluding hydrogens is 792 g/mol. The Labute approximate surface area is 389 Å². The summed E-state index contributed by atoms with van der Waals surface area (Å²) in [6, 6.07) is 33.0. The van der Waals surface area contributed by atoms with Crippen LogP contribution in [-0.4, -0.2) is 6.71 Å². The third-order valence-electron chi connectivity index (χ3n) is 18.3. The lowest BCUT2D eigenvalue weighted by Gasteiger charge is -2.47. The highest BCUT2D eigenvalue weighted by molar-refractivity contribution is 7.33. The lowest BCUT2D eigenvalue weighted by atomic mass is 9.35. The number of thiophene rings is 1. The zero-order chi connectivity index (χ0) is 45.1. The van der Waals surface area contributed by atoms with Gasteiger partial charge < -0.3 is 9.80 Å². The smallest absolute Gasteiger partial charge is 0.264 e. The van der Waals surface area contributed by atoms with Gasteiger partial charge in [-0.05, 0) is 200 Å². The number of anilines is 6. The Bertz CT molecular complexity index is 3020. The standard InChI is InChI=1S/C60H69BN2S/c1-35-27-48-51-49(28-35)63(37-17-15-36(16-18-37)54(2,3)4)52-39-30-44-45(60(14)26-25-59(44,13)34-60)33-50(39)64-53(52)61(51)46-31-42-43(58(11,12)24-23-57(42,9)10)32-47(46)62(48)38-19-20-40-41(29-38)56(7,8)22-21-55(40,5)6/h15-20,27-33H,21-26,34H2,1-14H3. The van der Waals surface area contributed by atoms with E-state index in [1.807, 2.05) is 0 Å². The number of rotatable bonds is 2. The molecule has 0 saturated heterocycles. The van der Waals surface area contributed by atoms with Gasteiger partial charge in [-0.2, -0.15) is 0 Å². The molecule has 2 bridgehead atoms. The highest BCUT2D eigenvalue weighted by Crippen LogP contribution is 2.62. The van der Waals surface area contributed by atoms with Gasteiger partial charge in [0.1, 0.15) is 0 Å². The van der Waals surface area contributed by atoms with Crippen molar-refractivity contribution in [2.75, 3.05) is 9.80 Å². The van der Waals surface area contributed by atoms with Crippen molar-refractivity contribution in [3.8, 4) is 0 Å². The molecular formula is C60H69BN2S. The van der Waals surface area contributed by atoms with E-state index in [0.717, 1.165) is 0 Å². The van der Waals surface area contributed by atoms with Crippen LogP contribution in [-0.2, 0) is 37.9 Å². The molecule has 0 amide bonds. The van der Waals surface area contributed by atoms with Crippen molar-refractivity contribution in [1.29, 1.82) is 0 Å². The molecule has 2 unspecified atom stereocenters. The molecule has 1 aromatic heterocycles. The third-order valence-corrected chi connectivity index (χ3v) is 19.5. The van der Waals surface area contributed by atoms with Crippen LogP contribution in [0.3, 0.4) is 0 Å². The van der Waals surface area contributed by atoms with Gasteiger partial charge in [0.25, 0.3) is 6.71 Å². The Morgan fingerprint density at radius 1 is 0.516 bits per heavy atom. The second-order valence-electron chi connectivity index (χ2n) is 25.8. The predicted octanol–water partition coefficient (Wildman–Crippen LogP) is 15.0. The number of nitrogens with zero attached hydrogens (tertiary/aromatic N) is 2. The highest BCUT2D eigenvalue weighted by Gasteiger charge is 2.54. The van der Waals surface area contributed by atoms with Crippen LogP contribution in [0.2, 0.25) is 0 Å². The van der Waals surface area contributed by atoms with Gasteiger partial charge in [-0.3, -0.25) is 0 Å². The minimum Gasteiger partial charge on any atom is -0.311 e. The third kappa shape index (κ3) is 5.50. The molecule has 2 aliphatic heterocycles. The fourth-order valence-corrected chi connectivity index (χ4v) is 15.5. The maximum Gasteiger partial charge on any atom is 0.264 e. The Morgan fingerprint density at radius 3 is 1.66 bits per heavy atom. The van der Waals surface area contributed by atoms with E-state index >= 15 is 0 Å². The molecule has 1 saturated carbocycles. The Hall–Kier alpha value is -4.28. The molecule has 0 N–H and O–H groups in total. The van der Waals surface area contributed by atoms with E-state index in [2.05, 4.69) is 197 Å². The zero-order valence-electron chi connectivity index (χ0n) is 41.3. The summed E-state index contributed by atoms with van der Waals surface area (Å²) in [6.45, 7) is 34.5. The molecule has 4 aliphatic carbocycles. The average molecular weight is 861 g/mol. The molecule has 0 radical (unpaired) electrons. The van der Waals surface area contributed by atoms with E-state index in [4.69, 9.17) is 0 Å². The van der Waals surface area contributed by atoms with Gasteiger partial charge in [-0.25, -0.2) is 0 Å². The van der Waals surface area contributed by atoms with E-state index in [9.17, 15) is 0 Å². The lowest BCUT2D eigenvalue weighted by molar-refractivity contribution is 0.332. The number of hydrogen-bond donors (Lipinski definition) is 0. The van der Waals surface area contributed by atoms with Crippen LogP contribution in [0.4, 0.5) is 34.1 Å². The molecule has 3 heterocycles. The number of fused-ring (bicyclic) bond motifs is 13. The van der Waals surface area contributed by atoms with E-state index in [1.54, 1.807) is 16.7 Å². The molecule has 6 aromatic rings. The van der Waals surface area contributed by atoms with Crippen molar-refractivity contribution < 1.29 is 0 Å². The van der Waals surface area contributed by atoms with Crippen LogP contribution in [0, 0.1) is 6.92 Å². The largest absolute Gasteiger partial charge is 0.311 e. The van der Waals surface area contributed by atoms with E-state index in [1.165, 1.54) is 133 Å². The van der Waals surface area contributed by atoms with Crippen LogP contribution in [0.15, 0.2) is 78.9 Å². The van der Waals surface area contributed by atoms with E-state index in [-0.39, 0.29) is 44.6 Å². The summed E-state index contributed by atoms with van der Waals surface area (Å²) in [5.74, 6) is 0. The summed E-state index contributed by atoms with van der Waals surface area (Å²) < 4.78 is 2.95. The monoisotopic (exact) mass is 861 g/mol. The fourth-order valence-electron chi connectivity index (χ4n) is 14.1. The first-order chi connectivity index (χ1) is 29.9. The maximum atomic E-state index is 2.73. The summed E-state index contributed by atoms with van der Waals surface area (Å²) >= 11 is 2.10. The van der Waals surface area contributed by atoms with E-state index < -0.39 is 0 Å². The minimum atomic E-state index is 0.0734. The fraction of sp³-hybridized carbons (Fsp3) is 0.467.